The number of nitrogens with one attached hydrogen (secondary N) is 1. The zero-order chi connectivity index (χ0) is 14.7. The Kier molecular flexibility index (Phi) is 4.12. The fraction of sp³-hybridized carbons (Fsp3) is 0.429. The van der Waals surface area contributed by atoms with Crippen molar-refractivity contribution in [2.75, 3.05) is 7.11 Å². The lowest BCUT2D eigenvalue weighted by molar-refractivity contribution is -0.142. The lowest BCUT2D eigenvalue weighted by atomic mass is 10.0. The van der Waals surface area contributed by atoms with Crippen LogP contribution in [-0.4, -0.2) is 35.2 Å². The van der Waals surface area contributed by atoms with Crippen molar-refractivity contribution in [1.29, 1.82) is 0 Å². The highest BCUT2D eigenvalue weighted by atomic mass is 16.5. The number of hydrogen-bond acceptors (Lipinski definition) is 4. The van der Waals surface area contributed by atoms with Gasteiger partial charge in [-0.1, -0.05) is 6.42 Å². The van der Waals surface area contributed by atoms with E-state index < -0.39 is 17.8 Å². The highest BCUT2D eigenvalue weighted by Gasteiger charge is 2.34. The molecule has 1 aromatic rings. The Morgan fingerprint density at radius 2 is 2.10 bits per heavy atom. The number of carbonyl (C=O) groups is 2. The second-order valence-electron chi connectivity index (χ2n) is 4.84. The van der Waals surface area contributed by atoms with Gasteiger partial charge in [0.15, 0.2) is 0 Å². The van der Waals surface area contributed by atoms with Gasteiger partial charge in [-0.3, -0.25) is 9.59 Å². The maximum Gasteiger partial charge on any atom is 0.308 e. The molecular formula is C14H17NO5. The molecule has 1 saturated carbocycles. The Morgan fingerprint density at radius 1 is 1.35 bits per heavy atom. The van der Waals surface area contributed by atoms with Gasteiger partial charge in [-0.05, 0) is 25.0 Å². The van der Waals surface area contributed by atoms with Crippen molar-refractivity contribution in [2.45, 2.75) is 25.3 Å². The summed E-state index contributed by atoms with van der Waals surface area (Å²) in [6, 6.07) is 3.98. The van der Waals surface area contributed by atoms with E-state index >= 15 is 0 Å². The summed E-state index contributed by atoms with van der Waals surface area (Å²) in [5.41, 5.74) is 0.113. The number of hydrogen-bond donors (Lipinski definition) is 3. The third-order valence-electron chi connectivity index (χ3n) is 3.60. The van der Waals surface area contributed by atoms with Crippen LogP contribution in [0.2, 0.25) is 0 Å². The van der Waals surface area contributed by atoms with Gasteiger partial charge in [0.2, 0.25) is 0 Å². The first kappa shape index (κ1) is 14.2. The van der Waals surface area contributed by atoms with Crippen LogP contribution in [-0.2, 0) is 4.79 Å². The SMILES string of the molecule is COc1ccc(C(=O)NC2CCCC2C(=O)O)c(O)c1. The van der Waals surface area contributed by atoms with E-state index in [4.69, 9.17) is 9.84 Å². The largest absolute Gasteiger partial charge is 0.507 e. The van der Waals surface area contributed by atoms with Gasteiger partial charge >= 0.3 is 5.97 Å². The number of benzene rings is 1. The Hall–Kier alpha value is -2.24. The van der Waals surface area contributed by atoms with Gasteiger partial charge in [0.25, 0.3) is 5.91 Å². The molecule has 0 aromatic heterocycles. The second-order valence-corrected chi connectivity index (χ2v) is 4.84. The van der Waals surface area contributed by atoms with Crippen LogP contribution in [0, 0.1) is 5.92 Å². The standard InChI is InChI=1S/C14H17NO5/c1-20-8-5-6-10(12(16)7-8)13(17)15-11-4-2-3-9(11)14(18)19/h5-7,9,11,16H,2-4H2,1H3,(H,15,17)(H,18,19). The average molecular weight is 279 g/mol. The van der Waals surface area contributed by atoms with Crippen molar-refractivity contribution >= 4 is 11.9 Å². The van der Waals surface area contributed by atoms with Gasteiger partial charge in [-0.25, -0.2) is 0 Å². The minimum Gasteiger partial charge on any atom is -0.507 e. The van der Waals surface area contributed by atoms with Crippen LogP contribution in [0.25, 0.3) is 0 Å². The molecule has 1 aliphatic carbocycles. The summed E-state index contributed by atoms with van der Waals surface area (Å²) in [6.45, 7) is 0. The smallest absolute Gasteiger partial charge is 0.308 e. The minimum absolute atomic E-state index is 0.113. The number of phenolic OH excluding ortho intramolecular Hbond substituents is 1. The van der Waals surface area contributed by atoms with Crippen LogP contribution in [0.5, 0.6) is 11.5 Å². The molecule has 0 heterocycles. The fourth-order valence-electron chi connectivity index (χ4n) is 2.50. The zero-order valence-electron chi connectivity index (χ0n) is 11.1. The number of aliphatic carboxylic acids is 1. The van der Waals surface area contributed by atoms with Crippen molar-refractivity contribution in [3.8, 4) is 11.5 Å². The molecule has 0 bridgehead atoms. The van der Waals surface area contributed by atoms with E-state index in [-0.39, 0.29) is 17.4 Å². The molecule has 1 aliphatic rings. The van der Waals surface area contributed by atoms with Gasteiger partial charge in [0, 0.05) is 12.1 Å². The number of carbonyl (C=O) groups excluding carboxylic acids is 1. The minimum atomic E-state index is -0.897. The van der Waals surface area contributed by atoms with Crippen LogP contribution in [0.3, 0.4) is 0 Å². The molecule has 0 saturated heterocycles. The first-order valence-electron chi connectivity index (χ1n) is 6.43. The van der Waals surface area contributed by atoms with E-state index in [2.05, 4.69) is 5.32 Å². The average Bonchev–Trinajstić information content (AvgIpc) is 2.86. The monoisotopic (exact) mass is 279 g/mol. The Labute approximate surface area is 116 Å². The topological polar surface area (TPSA) is 95.9 Å². The molecule has 2 rings (SSSR count). The molecule has 0 spiro atoms. The van der Waals surface area contributed by atoms with Crippen molar-refractivity contribution in [2.24, 2.45) is 5.92 Å². The highest BCUT2D eigenvalue weighted by molar-refractivity contribution is 5.97. The van der Waals surface area contributed by atoms with Gasteiger partial charge in [0.05, 0.1) is 18.6 Å². The number of amides is 1. The van der Waals surface area contributed by atoms with Gasteiger partial charge in [-0.15, -0.1) is 0 Å². The number of rotatable bonds is 4. The fourth-order valence-corrected chi connectivity index (χ4v) is 2.50. The lowest BCUT2D eigenvalue weighted by Gasteiger charge is -2.18. The first-order chi connectivity index (χ1) is 9.52. The van der Waals surface area contributed by atoms with Crippen LogP contribution in [0.4, 0.5) is 0 Å². The van der Waals surface area contributed by atoms with Crippen LogP contribution < -0.4 is 10.1 Å². The second kappa shape index (κ2) is 5.81. The van der Waals surface area contributed by atoms with Gasteiger partial charge in [0.1, 0.15) is 11.5 Å². The third kappa shape index (κ3) is 2.84. The molecule has 0 aliphatic heterocycles. The summed E-state index contributed by atoms with van der Waals surface area (Å²) in [4.78, 5) is 23.1. The Balaban J connectivity index is 2.10. The molecule has 6 nitrogen and oxygen atoms in total. The molecular weight excluding hydrogens is 262 g/mol. The highest BCUT2D eigenvalue weighted by Crippen LogP contribution is 2.28. The molecule has 1 aromatic carbocycles. The van der Waals surface area contributed by atoms with Crippen molar-refractivity contribution in [1.82, 2.24) is 5.32 Å². The number of carboxylic acids is 1. The Bertz CT molecular complexity index is 528. The summed E-state index contributed by atoms with van der Waals surface area (Å²) in [7, 11) is 1.46. The number of phenols is 1. The van der Waals surface area contributed by atoms with Crippen molar-refractivity contribution in [3.05, 3.63) is 23.8 Å². The number of aromatic hydroxyl groups is 1. The van der Waals surface area contributed by atoms with Crippen LogP contribution >= 0.6 is 0 Å². The van der Waals surface area contributed by atoms with E-state index in [1.807, 2.05) is 0 Å². The summed E-state index contributed by atoms with van der Waals surface area (Å²) < 4.78 is 4.94. The number of carboxylic acid groups (broad SMARTS) is 1. The molecule has 2 unspecified atom stereocenters. The number of ether oxygens (including phenoxy) is 1. The van der Waals surface area contributed by atoms with Gasteiger partial charge in [-0.2, -0.15) is 0 Å². The first-order valence-corrected chi connectivity index (χ1v) is 6.43. The third-order valence-corrected chi connectivity index (χ3v) is 3.60. The normalized spacial score (nSPS) is 21.4. The Morgan fingerprint density at radius 3 is 2.70 bits per heavy atom. The van der Waals surface area contributed by atoms with E-state index in [0.29, 0.717) is 18.6 Å². The van der Waals surface area contributed by atoms with E-state index in [1.54, 1.807) is 6.07 Å². The predicted molar refractivity (Wildman–Crippen MR) is 70.9 cm³/mol. The summed E-state index contributed by atoms with van der Waals surface area (Å²) in [5.74, 6) is -1.66. The maximum atomic E-state index is 12.1. The predicted octanol–water partition coefficient (Wildman–Crippen LogP) is 1.38. The quantitative estimate of drug-likeness (QED) is 0.774. The zero-order valence-corrected chi connectivity index (χ0v) is 11.1. The van der Waals surface area contributed by atoms with E-state index in [9.17, 15) is 14.7 Å². The molecule has 108 valence electrons. The van der Waals surface area contributed by atoms with Crippen LogP contribution in [0.1, 0.15) is 29.6 Å². The van der Waals surface area contributed by atoms with Crippen molar-refractivity contribution in [3.63, 3.8) is 0 Å². The summed E-state index contributed by atoms with van der Waals surface area (Å²) >= 11 is 0. The molecule has 1 fully saturated rings. The van der Waals surface area contributed by atoms with Gasteiger partial charge < -0.3 is 20.3 Å². The summed E-state index contributed by atoms with van der Waals surface area (Å²) in [6.07, 6.45) is 1.98. The molecule has 1 amide bonds. The lowest BCUT2D eigenvalue weighted by Crippen LogP contribution is -2.40. The number of methoxy groups -OCH3 is 1. The summed E-state index contributed by atoms with van der Waals surface area (Å²) in [5, 5.41) is 21.5. The van der Waals surface area contributed by atoms with Crippen molar-refractivity contribution < 1.29 is 24.5 Å². The van der Waals surface area contributed by atoms with E-state index in [1.165, 1.54) is 19.2 Å². The molecule has 2 atom stereocenters. The molecule has 6 heteroatoms. The molecule has 20 heavy (non-hydrogen) atoms. The van der Waals surface area contributed by atoms with E-state index in [0.717, 1.165) is 6.42 Å². The molecule has 3 N–H and O–H groups in total. The molecule has 0 radical (unpaired) electrons. The van der Waals surface area contributed by atoms with Crippen LogP contribution in [0.15, 0.2) is 18.2 Å². The maximum absolute atomic E-state index is 12.1.